The number of aliphatic hydroxyl groups is 6. The first-order chi connectivity index (χ1) is 24.3. The molecule has 4 rings (SSSR count). The minimum atomic E-state index is -1.64. The lowest BCUT2D eigenvalue weighted by atomic mass is 9.83. The largest absolute Gasteiger partial charge is 0.394 e. The number of hydrogen-bond acceptors (Lipinski definition) is 20. The maximum atomic E-state index is 12.7. The van der Waals surface area contributed by atoms with Crippen molar-refractivity contribution in [3.63, 3.8) is 0 Å². The molecule has 1 amide bonds. The van der Waals surface area contributed by atoms with Gasteiger partial charge in [-0.2, -0.15) is 0 Å². The molecule has 0 aromatic heterocycles. The molecule has 0 unspecified atom stereocenters. The Morgan fingerprint density at radius 3 is 2.14 bits per heavy atom. The molecular weight excluding hydrogens is 680 g/mol. The summed E-state index contributed by atoms with van der Waals surface area (Å²) in [7, 11) is 0. The number of nitrogens with two attached hydrogens (primary N) is 6. The van der Waals surface area contributed by atoms with Crippen molar-refractivity contribution in [3.8, 4) is 0 Å². The standard InChI is InChI=1S/C30H60N8O13/c31-5-1-7-37-10-12-2-3-13(34)28(46-12)49-24-14(35)8-15(38-27(45)16(40)4-6-32)20(41)26(24)51-30-23(44)25(18(11-39)48-30)50-29-19(36)22(43)21(42)17(9-33)47-29/h12-26,28-30,37,39-44H,1-11,31-36H2,(H,38,45)/t12-,13+,14-,15+,16-,17-,18+,19+,20-,21+,22+,23+,24+,25+,26+,28+,29+,30-/m0/s1. The van der Waals surface area contributed by atoms with Crippen molar-refractivity contribution in [2.45, 2.75) is 142 Å². The van der Waals surface area contributed by atoms with Crippen LogP contribution >= 0.6 is 0 Å². The normalized spacial score (nSPS) is 44.0. The van der Waals surface area contributed by atoms with Crippen LogP contribution in [0.5, 0.6) is 0 Å². The average Bonchev–Trinajstić information content (AvgIpc) is 3.41. The fraction of sp³-hybridized carbons (Fsp3) is 0.967. The first-order valence-corrected chi connectivity index (χ1v) is 17.7. The highest BCUT2D eigenvalue weighted by Gasteiger charge is 2.54. The van der Waals surface area contributed by atoms with Crippen LogP contribution in [0.4, 0.5) is 0 Å². The molecular formula is C30H60N8O13. The zero-order valence-electron chi connectivity index (χ0n) is 28.7. The van der Waals surface area contributed by atoms with Crippen LogP contribution in [-0.4, -0.2) is 186 Å². The first kappa shape index (κ1) is 42.5. The zero-order valence-corrected chi connectivity index (χ0v) is 28.7. The molecule has 4 fully saturated rings. The van der Waals surface area contributed by atoms with Gasteiger partial charge in [-0.05, 0) is 51.7 Å². The summed E-state index contributed by atoms with van der Waals surface area (Å²) in [5, 5.41) is 69.9. The summed E-state index contributed by atoms with van der Waals surface area (Å²) in [5.74, 6) is -0.782. The SMILES string of the molecule is NCCCNC[C@@H]1CC[C@@H](N)[C@@H](O[C@H]2[C@H](O[C@@H]3O[C@H](CO)[C@@H](O[C@H]4O[C@@H](CN)[C@@H](O)[C@H](O)[C@H]4N)[C@H]3O)[C@@H](O)[C@H](NC(=O)[C@@H](O)CCN)C[C@@H]2N)O1. The third kappa shape index (κ3) is 10.5. The number of carbonyl (C=O) groups is 1. The molecule has 0 bridgehead atoms. The molecule has 21 nitrogen and oxygen atoms in total. The van der Waals surface area contributed by atoms with Gasteiger partial charge in [0.1, 0.15) is 61.0 Å². The van der Waals surface area contributed by atoms with Crippen LogP contribution in [0.25, 0.3) is 0 Å². The number of carbonyl (C=O) groups excluding carboxylic acids is 1. The van der Waals surface area contributed by atoms with Gasteiger partial charge in [0, 0.05) is 19.1 Å². The zero-order chi connectivity index (χ0) is 37.4. The highest BCUT2D eigenvalue weighted by atomic mass is 16.8. The Morgan fingerprint density at radius 2 is 1.47 bits per heavy atom. The molecule has 0 spiro atoms. The Balaban J connectivity index is 1.53. The van der Waals surface area contributed by atoms with E-state index in [1.807, 2.05) is 0 Å². The molecule has 0 aromatic rings. The third-order valence-electron chi connectivity index (χ3n) is 9.84. The molecule has 20 N–H and O–H groups in total. The van der Waals surface area contributed by atoms with Crippen LogP contribution in [0.3, 0.4) is 0 Å². The monoisotopic (exact) mass is 740 g/mol. The number of aliphatic hydroxyl groups excluding tert-OH is 6. The molecule has 3 heterocycles. The van der Waals surface area contributed by atoms with E-state index in [-0.39, 0.29) is 32.0 Å². The smallest absolute Gasteiger partial charge is 0.249 e. The highest BCUT2D eigenvalue weighted by Crippen LogP contribution is 2.34. The maximum Gasteiger partial charge on any atom is 0.249 e. The van der Waals surface area contributed by atoms with E-state index in [0.717, 1.165) is 6.42 Å². The highest BCUT2D eigenvalue weighted by molar-refractivity contribution is 5.80. The molecule has 0 radical (unpaired) electrons. The van der Waals surface area contributed by atoms with Gasteiger partial charge in [0.15, 0.2) is 18.9 Å². The lowest BCUT2D eigenvalue weighted by Gasteiger charge is -2.46. The number of nitrogens with one attached hydrogen (secondary N) is 2. The van der Waals surface area contributed by atoms with Gasteiger partial charge in [0.25, 0.3) is 0 Å². The predicted octanol–water partition coefficient (Wildman–Crippen LogP) is -7.99. The van der Waals surface area contributed by atoms with Crippen molar-refractivity contribution in [3.05, 3.63) is 0 Å². The van der Waals surface area contributed by atoms with Crippen molar-refractivity contribution >= 4 is 5.91 Å². The number of rotatable bonds is 17. The Bertz CT molecular complexity index is 1060. The number of hydrogen-bond donors (Lipinski definition) is 14. The Labute approximate surface area is 296 Å². The van der Waals surface area contributed by atoms with Crippen LogP contribution in [0, 0.1) is 0 Å². The Kier molecular flexibility index (Phi) is 16.5. The average molecular weight is 741 g/mol. The quantitative estimate of drug-likeness (QED) is 0.0616. The lowest BCUT2D eigenvalue weighted by Crippen LogP contribution is -2.67. The van der Waals surface area contributed by atoms with E-state index >= 15 is 0 Å². The van der Waals surface area contributed by atoms with E-state index in [1.165, 1.54) is 0 Å². The van der Waals surface area contributed by atoms with Crippen LogP contribution in [-0.2, 0) is 33.2 Å². The molecule has 4 aliphatic rings. The summed E-state index contributed by atoms with van der Waals surface area (Å²) in [6.45, 7) is 0.976. The molecule has 298 valence electrons. The van der Waals surface area contributed by atoms with Crippen molar-refractivity contribution in [2.24, 2.45) is 34.4 Å². The Morgan fingerprint density at radius 1 is 0.784 bits per heavy atom. The molecule has 0 aromatic carbocycles. The summed E-state index contributed by atoms with van der Waals surface area (Å²) in [6, 6.07) is -3.76. The van der Waals surface area contributed by atoms with Gasteiger partial charge < -0.3 is 104 Å². The molecule has 1 saturated carbocycles. The van der Waals surface area contributed by atoms with Crippen molar-refractivity contribution in [2.75, 3.05) is 39.3 Å². The summed E-state index contributed by atoms with van der Waals surface area (Å²) in [4.78, 5) is 12.7. The van der Waals surface area contributed by atoms with Gasteiger partial charge in [-0.3, -0.25) is 4.79 Å². The van der Waals surface area contributed by atoms with Gasteiger partial charge in [-0.15, -0.1) is 0 Å². The van der Waals surface area contributed by atoms with E-state index in [4.69, 9.17) is 62.8 Å². The second kappa shape index (κ2) is 19.9. The second-order valence-corrected chi connectivity index (χ2v) is 13.7. The van der Waals surface area contributed by atoms with E-state index in [9.17, 15) is 35.4 Å². The summed E-state index contributed by atoms with van der Waals surface area (Å²) < 4.78 is 36.1. The summed E-state index contributed by atoms with van der Waals surface area (Å²) in [6.07, 6.45) is -15.7. The van der Waals surface area contributed by atoms with E-state index in [0.29, 0.717) is 32.5 Å². The van der Waals surface area contributed by atoms with Gasteiger partial charge in [0.05, 0.1) is 30.8 Å². The minimum absolute atomic E-state index is 0.00865. The van der Waals surface area contributed by atoms with Crippen LogP contribution in [0.1, 0.15) is 32.1 Å². The molecule has 51 heavy (non-hydrogen) atoms. The van der Waals surface area contributed by atoms with Gasteiger partial charge in [-0.1, -0.05) is 0 Å². The second-order valence-electron chi connectivity index (χ2n) is 13.7. The van der Waals surface area contributed by atoms with Crippen LogP contribution in [0.2, 0.25) is 0 Å². The summed E-state index contributed by atoms with van der Waals surface area (Å²) >= 11 is 0. The minimum Gasteiger partial charge on any atom is -0.394 e. The van der Waals surface area contributed by atoms with Gasteiger partial charge in [-0.25, -0.2) is 0 Å². The molecule has 3 saturated heterocycles. The fourth-order valence-electron chi connectivity index (χ4n) is 6.80. The molecule has 21 heteroatoms. The molecule has 3 aliphatic heterocycles. The maximum absolute atomic E-state index is 12.7. The summed E-state index contributed by atoms with van der Waals surface area (Å²) in [5.41, 5.74) is 35.8. The lowest BCUT2D eigenvalue weighted by molar-refractivity contribution is -0.290. The first-order valence-electron chi connectivity index (χ1n) is 17.7. The van der Waals surface area contributed by atoms with Crippen LogP contribution in [0.15, 0.2) is 0 Å². The van der Waals surface area contributed by atoms with E-state index in [1.54, 1.807) is 0 Å². The van der Waals surface area contributed by atoms with E-state index in [2.05, 4.69) is 10.6 Å². The third-order valence-corrected chi connectivity index (χ3v) is 9.84. The van der Waals surface area contributed by atoms with Crippen molar-refractivity contribution in [1.82, 2.24) is 10.6 Å². The van der Waals surface area contributed by atoms with Gasteiger partial charge in [0.2, 0.25) is 5.91 Å². The van der Waals surface area contributed by atoms with Crippen LogP contribution < -0.4 is 45.0 Å². The van der Waals surface area contributed by atoms with Crippen molar-refractivity contribution < 1.29 is 63.9 Å². The topological polar surface area (TPSA) is 374 Å². The molecule has 1 aliphatic carbocycles. The van der Waals surface area contributed by atoms with E-state index < -0.39 is 117 Å². The number of ether oxygens (including phenoxy) is 6. The molecule has 18 atom stereocenters. The predicted molar refractivity (Wildman–Crippen MR) is 177 cm³/mol. The fourth-order valence-corrected chi connectivity index (χ4v) is 6.80. The Hall–Kier alpha value is -1.29. The van der Waals surface area contributed by atoms with Crippen molar-refractivity contribution in [1.29, 1.82) is 0 Å². The van der Waals surface area contributed by atoms with Gasteiger partial charge >= 0.3 is 0 Å². The number of amides is 1.